The molecule has 3 heteroatoms. The van der Waals surface area contributed by atoms with Crippen molar-refractivity contribution in [3.63, 3.8) is 0 Å². The molecule has 0 amide bonds. The van der Waals surface area contributed by atoms with E-state index in [-0.39, 0.29) is 0 Å². The Morgan fingerprint density at radius 2 is 1.64 bits per heavy atom. The van der Waals surface area contributed by atoms with Gasteiger partial charge in [-0.05, 0) is 45.6 Å². The Hall–Kier alpha value is 0.134. The van der Waals surface area contributed by atoms with Crippen LogP contribution in [0.15, 0.2) is 11.3 Å². The largest absolute Gasteiger partial charge is 0.452 e. The minimum atomic E-state index is -1.52. The van der Waals surface area contributed by atoms with Gasteiger partial charge in [0, 0.05) is 0 Å². The van der Waals surface area contributed by atoms with E-state index in [4.69, 9.17) is 4.12 Å². The van der Waals surface area contributed by atoms with Gasteiger partial charge < -0.3 is 4.12 Å². The van der Waals surface area contributed by atoms with Crippen LogP contribution in [0.3, 0.4) is 0 Å². The van der Waals surface area contributed by atoms with Gasteiger partial charge in [-0.15, -0.1) is 0 Å². The van der Waals surface area contributed by atoms with Gasteiger partial charge in [-0.25, -0.2) is 0 Å². The van der Waals surface area contributed by atoms with Crippen molar-refractivity contribution in [2.75, 3.05) is 0 Å². The predicted molar refractivity (Wildman–Crippen MR) is 68.5 cm³/mol. The van der Waals surface area contributed by atoms with E-state index in [9.17, 15) is 0 Å². The topological polar surface area (TPSA) is 9.23 Å². The van der Waals surface area contributed by atoms with Gasteiger partial charge in [0.1, 0.15) is 0 Å². The highest BCUT2D eigenvalue weighted by atomic mass is 28.4. The minimum absolute atomic E-state index is 0.944. The lowest BCUT2D eigenvalue weighted by Crippen LogP contribution is -2.43. The molecule has 0 atom stereocenters. The van der Waals surface area contributed by atoms with Crippen molar-refractivity contribution < 1.29 is 4.12 Å². The van der Waals surface area contributed by atoms with Gasteiger partial charge in [-0.2, -0.15) is 0 Å². The zero-order valence-corrected chi connectivity index (χ0v) is 12.5. The molecule has 1 aliphatic carbocycles. The van der Waals surface area contributed by atoms with Crippen LogP contribution in [0.5, 0.6) is 0 Å². The maximum atomic E-state index is 6.46. The van der Waals surface area contributed by atoms with E-state index >= 15 is 0 Å². The standard InChI is InChI=1S/C11H24OSi2/c1-10(2)9-13(3,4)12-14(5,6)11-7-8-11/h9,11H,7-8H2,1-6H3. The molecule has 0 aliphatic heterocycles. The van der Waals surface area contributed by atoms with Crippen LogP contribution in [0.25, 0.3) is 0 Å². The highest BCUT2D eigenvalue weighted by molar-refractivity contribution is 6.88. The van der Waals surface area contributed by atoms with Crippen LogP contribution in [0.2, 0.25) is 31.7 Å². The van der Waals surface area contributed by atoms with Crippen LogP contribution in [-0.2, 0) is 4.12 Å². The van der Waals surface area contributed by atoms with Gasteiger partial charge in [0.25, 0.3) is 0 Å². The fourth-order valence-corrected chi connectivity index (χ4v) is 11.5. The summed E-state index contributed by atoms with van der Waals surface area (Å²) < 4.78 is 6.46. The summed E-state index contributed by atoms with van der Waals surface area (Å²) in [6.45, 7) is 13.7. The maximum absolute atomic E-state index is 6.46. The Kier molecular flexibility index (Phi) is 3.44. The molecule has 0 bridgehead atoms. The molecular formula is C11H24OSi2. The van der Waals surface area contributed by atoms with Crippen LogP contribution < -0.4 is 0 Å². The summed E-state index contributed by atoms with van der Waals surface area (Å²) in [6.07, 6.45) is 2.83. The zero-order valence-electron chi connectivity index (χ0n) is 10.5. The summed E-state index contributed by atoms with van der Waals surface area (Å²) in [5, 5.41) is 0. The van der Waals surface area contributed by atoms with Crippen molar-refractivity contribution in [2.45, 2.75) is 58.4 Å². The second-order valence-electron chi connectivity index (χ2n) is 5.80. The van der Waals surface area contributed by atoms with E-state index < -0.39 is 16.6 Å². The van der Waals surface area contributed by atoms with Gasteiger partial charge in [0.05, 0.1) is 0 Å². The first kappa shape index (κ1) is 12.2. The third-order valence-electron chi connectivity index (χ3n) is 2.72. The molecular weight excluding hydrogens is 204 g/mol. The third kappa shape index (κ3) is 3.71. The summed E-state index contributed by atoms with van der Waals surface area (Å²) in [7, 11) is -2.88. The summed E-state index contributed by atoms with van der Waals surface area (Å²) in [4.78, 5) is 0. The monoisotopic (exact) mass is 228 g/mol. The van der Waals surface area contributed by atoms with Gasteiger partial charge in [0.2, 0.25) is 0 Å². The molecule has 0 heterocycles. The summed E-state index contributed by atoms with van der Waals surface area (Å²) in [5.74, 6) is 0. The number of rotatable bonds is 4. The average molecular weight is 228 g/mol. The lowest BCUT2D eigenvalue weighted by Gasteiger charge is -2.32. The molecule has 0 spiro atoms. The van der Waals surface area contributed by atoms with Crippen molar-refractivity contribution in [2.24, 2.45) is 0 Å². The molecule has 1 rings (SSSR count). The van der Waals surface area contributed by atoms with Gasteiger partial charge in [-0.1, -0.05) is 24.1 Å². The van der Waals surface area contributed by atoms with Gasteiger partial charge >= 0.3 is 0 Å². The molecule has 1 aliphatic rings. The lowest BCUT2D eigenvalue weighted by atomic mass is 10.4. The molecule has 0 unspecified atom stereocenters. The molecule has 0 radical (unpaired) electrons. The zero-order chi connectivity index (χ0) is 11.0. The summed E-state index contributed by atoms with van der Waals surface area (Å²) in [6, 6.07) is 0. The summed E-state index contributed by atoms with van der Waals surface area (Å²) >= 11 is 0. The first-order chi connectivity index (χ1) is 6.23. The van der Waals surface area contributed by atoms with Crippen LogP contribution in [0.1, 0.15) is 26.7 Å². The van der Waals surface area contributed by atoms with Crippen molar-refractivity contribution in [1.82, 2.24) is 0 Å². The number of hydrogen-bond acceptors (Lipinski definition) is 1. The first-order valence-corrected chi connectivity index (χ1v) is 11.6. The highest BCUT2D eigenvalue weighted by Crippen LogP contribution is 2.46. The number of allylic oxidation sites excluding steroid dienone is 1. The molecule has 0 N–H and O–H groups in total. The van der Waals surface area contributed by atoms with E-state index in [0.29, 0.717) is 0 Å². The third-order valence-corrected chi connectivity index (χ3v) is 10.7. The quantitative estimate of drug-likeness (QED) is 0.659. The molecule has 1 nitrogen and oxygen atoms in total. The molecule has 0 aromatic rings. The Morgan fingerprint density at radius 3 is 2.00 bits per heavy atom. The fourth-order valence-electron chi connectivity index (χ4n) is 2.26. The first-order valence-electron chi connectivity index (χ1n) is 5.59. The smallest absolute Gasteiger partial charge is 0.198 e. The maximum Gasteiger partial charge on any atom is 0.198 e. The van der Waals surface area contributed by atoms with Crippen molar-refractivity contribution in [3.05, 3.63) is 11.3 Å². The SMILES string of the molecule is CC(C)=C[Si](C)(C)O[Si](C)(C)C1CC1. The molecule has 14 heavy (non-hydrogen) atoms. The summed E-state index contributed by atoms with van der Waals surface area (Å²) in [5.41, 5.74) is 4.73. The molecule has 82 valence electrons. The van der Waals surface area contributed by atoms with E-state index in [1.807, 2.05) is 0 Å². The van der Waals surface area contributed by atoms with Gasteiger partial charge in [0.15, 0.2) is 16.6 Å². The number of hydrogen-bond donors (Lipinski definition) is 0. The fraction of sp³-hybridized carbons (Fsp3) is 0.818. The molecule has 1 fully saturated rings. The van der Waals surface area contributed by atoms with Crippen LogP contribution in [-0.4, -0.2) is 16.6 Å². The van der Waals surface area contributed by atoms with Crippen LogP contribution in [0, 0.1) is 0 Å². The van der Waals surface area contributed by atoms with Gasteiger partial charge in [-0.3, -0.25) is 0 Å². The second-order valence-corrected chi connectivity index (χ2v) is 14.1. The van der Waals surface area contributed by atoms with Crippen molar-refractivity contribution in [1.29, 1.82) is 0 Å². The van der Waals surface area contributed by atoms with E-state index in [0.717, 1.165) is 5.54 Å². The molecule has 0 aromatic heterocycles. The normalized spacial score (nSPS) is 18.1. The second kappa shape index (κ2) is 3.95. The van der Waals surface area contributed by atoms with Crippen LogP contribution >= 0.6 is 0 Å². The Bertz CT molecular complexity index is 236. The van der Waals surface area contributed by atoms with E-state index in [2.05, 4.69) is 45.7 Å². The predicted octanol–water partition coefficient (Wildman–Crippen LogP) is 4.08. The molecule has 0 saturated heterocycles. The van der Waals surface area contributed by atoms with Crippen LogP contribution in [0.4, 0.5) is 0 Å². The van der Waals surface area contributed by atoms with E-state index in [1.165, 1.54) is 18.4 Å². The molecule has 1 saturated carbocycles. The minimum Gasteiger partial charge on any atom is -0.452 e. The Balaban J connectivity index is 2.61. The lowest BCUT2D eigenvalue weighted by molar-refractivity contribution is 0.551. The Labute approximate surface area is 90.8 Å². The van der Waals surface area contributed by atoms with E-state index in [1.54, 1.807) is 0 Å². The molecule has 0 aromatic carbocycles. The Morgan fingerprint density at radius 1 is 1.14 bits per heavy atom. The average Bonchev–Trinajstić information content (AvgIpc) is 2.57. The van der Waals surface area contributed by atoms with Crippen molar-refractivity contribution >= 4 is 16.6 Å². The van der Waals surface area contributed by atoms with Crippen molar-refractivity contribution in [3.8, 4) is 0 Å². The highest BCUT2D eigenvalue weighted by Gasteiger charge is 2.44.